The molecule has 2 amide bonds. The first-order valence-corrected chi connectivity index (χ1v) is 8.56. The van der Waals surface area contributed by atoms with Crippen molar-refractivity contribution >= 4 is 23.2 Å². The van der Waals surface area contributed by atoms with Gasteiger partial charge in [0.25, 0.3) is 0 Å². The highest BCUT2D eigenvalue weighted by Crippen LogP contribution is 2.20. The highest BCUT2D eigenvalue weighted by molar-refractivity contribution is 6.39. The Labute approximate surface area is 152 Å². The Morgan fingerprint density at radius 2 is 1.88 bits per heavy atom. The van der Waals surface area contributed by atoms with Gasteiger partial charge in [0.05, 0.1) is 25.5 Å². The Kier molecular flexibility index (Phi) is 5.80. The van der Waals surface area contributed by atoms with Crippen LogP contribution < -0.4 is 15.5 Å². The van der Waals surface area contributed by atoms with E-state index in [1.54, 1.807) is 12.1 Å². The van der Waals surface area contributed by atoms with Crippen LogP contribution >= 0.6 is 0 Å². The van der Waals surface area contributed by atoms with Gasteiger partial charge in [-0.15, -0.1) is 0 Å². The molecule has 1 aromatic heterocycles. The minimum absolute atomic E-state index is 0.210. The van der Waals surface area contributed by atoms with Gasteiger partial charge < -0.3 is 20.3 Å². The van der Waals surface area contributed by atoms with Crippen molar-refractivity contribution in [3.05, 3.63) is 53.9 Å². The van der Waals surface area contributed by atoms with E-state index >= 15 is 0 Å². The molecule has 136 valence electrons. The molecule has 7 nitrogen and oxygen atoms in total. The minimum Gasteiger partial charge on any atom is -0.378 e. The van der Waals surface area contributed by atoms with Crippen LogP contribution in [0, 0.1) is 6.92 Å². The zero-order valence-corrected chi connectivity index (χ0v) is 14.7. The van der Waals surface area contributed by atoms with E-state index < -0.39 is 11.8 Å². The molecule has 2 aromatic rings. The van der Waals surface area contributed by atoms with Crippen molar-refractivity contribution in [1.82, 2.24) is 10.3 Å². The number of amides is 2. The van der Waals surface area contributed by atoms with Crippen LogP contribution in [-0.2, 0) is 20.9 Å². The number of morpholine rings is 1. The fourth-order valence-electron chi connectivity index (χ4n) is 2.74. The minimum atomic E-state index is -0.697. The number of benzene rings is 1. The number of pyridine rings is 1. The van der Waals surface area contributed by atoms with Gasteiger partial charge in [0.2, 0.25) is 0 Å². The van der Waals surface area contributed by atoms with E-state index in [4.69, 9.17) is 4.74 Å². The van der Waals surface area contributed by atoms with Crippen molar-refractivity contribution in [2.45, 2.75) is 13.5 Å². The van der Waals surface area contributed by atoms with E-state index in [-0.39, 0.29) is 6.54 Å². The van der Waals surface area contributed by atoms with Crippen LogP contribution in [0.1, 0.15) is 11.4 Å². The van der Waals surface area contributed by atoms with E-state index in [0.717, 1.165) is 24.5 Å². The maximum absolute atomic E-state index is 12.1. The molecule has 3 rings (SSSR count). The molecule has 2 heterocycles. The summed E-state index contributed by atoms with van der Waals surface area (Å²) in [6.45, 7) is 5.07. The van der Waals surface area contributed by atoms with Gasteiger partial charge in [0, 0.05) is 30.2 Å². The molecule has 0 saturated carbocycles. The molecule has 7 heteroatoms. The van der Waals surface area contributed by atoms with Crippen molar-refractivity contribution in [3.8, 4) is 0 Å². The normalized spacial score (nSPS) is 14.0. The highest BCUT2D eigenvalue weighted by Gasteiger charge is 2.15. The molecule has 0 bridgehead atoms. The van der Waals surface area contributed by atoms with Crippen LogP contribution in [0.4, 0.5) is 11.4 Å². The van der Waals surface area contributed by atoms with Gasteiger partial charge in [0.15, 0.2) is 0 Å². The summed E-state index contributed by atoms with van der Waals surface area (Å²) in [6, 6.07) is 13.0. The Bertz CT molecular complexity index is 788. The maximum atomic E-state index is 12.1. The molecular weight excluding hydrogens is 332 g/mol. The summed E-state index contributed by atoms with van der Waals surface area (Å²) >= 11 is 0. The van der Waals surface area contributed by atoms with E-state index in [1.165, 1.54) is 0 Å². The molecule has 0 aliphatic carbocycles. The number of hydrogen-bond acceptors (Lipinski definition) is 5. The third-order valence-corrected chi connectivity index (χ3v) is 4.06. The monoisotopic (exact) mass is 354 g/mol. The van der Waals surface area contributed by atoms with Crippen molar-refractivity contribution in [1.29, 1.82) is 0 Å². The van der Waals surface area contributed by atoms with Gasteiger partial charge in [0.1, 0.15) is 0 Å². The number of carbonyl (C=O) groups excluding carboxylic acids is 2. The van der Waals surface area contributed by atoms with Gasteiger partial charge in [-0.1, -0.05) is 12.1 Å². The second kappa shape index (κ2) is 8.44. The largest absolute Gasteiger partial charge is 0.378 e. The van der Waals surface area contributed by atoms with Gasteiger partial charge in [-0.05, 0) is 37.3 Å². The summed E-state index contributed by atoms with van der Waals surface area (Å²) in [6.07, 6.45) is 0. The number of rotatable bonds is 4. The van der Waals surface area contributed by atoms with Crippen LogP contribution in [0.25, 0.3) is 0 Å². The van der Waals surface area contributed by atoms with Crippen LogP contribution in [0.3, 0.4) is 0 Å². The van der Waals surface area contributed by atoms with Gasteiger partial charge in [-0.25, -0.2) is 0 Å². The van der Waals surface area contributed by atoms with Crippen molar-refractivity contribution in [2.24, 2.45) is 0 Å². The van der Waals surface area contributed by atoms with Crippen LogP contribution in [0.2, 0.25) is 0 Å². The fraction of sp³-hybridized carbons (Fsp3) is 0.316. The smallest absolute Gasteiger partial charge is 0.313 e. The van der Waals surface area contributed by atoms with E-state index in [1.807, 2.05) is 37.3 Å². The number of hydrogen-bond donors (Lipinski definition) is 2. The molecule has 0 unspecified atom stereocenters. The van der Waals surface area contributed by atoms with Gasteiger partial charge in [-0.3, -0.25) is 14.6 Å². The lowest BCUT2D eigenvalue weighted by molar-refractivity contribution is -0.136. The van der Waals surface area contributed by atoms with E-state index in [9.17, 15) is 9.59 Å². The summed E-state index contributed by atoms with van der Waals surface area (Å²) < 4.78 is 5.35. The molecule has 1 fully saturated rings. The average Bonchev–Trinajstić information content (AvgIpc) is 2.67. The molecule has 1 aromatic carbocycles. The molecular formula is C19H22N4O3. The average molecular weight is 354 g/mol. The number of aromatic nitrogens is 1. The topological polar surface area (TPSA) is 83.6 Å². The lowest BCUT2D eigenvalue weighted by Gasteiger charge is -2.29. The lowest BCUT2D eigenvalue weighted by Crippen LogP contribution is -2.36. The number of anilines is 2. The second-order valence-corrected chi connectivity index (χ2v) is 6.06. The fourth-order valence-corrected chi connectivity index (χ4v) is 2.74. The summed E-state index contributed by atoms with van der Waals surface area (Å²) in [4.78, 5) is 30.6. The Balaban J connectivity index is 1.56. The van der Waals surface area contributed by atoms with E-state index in [2.05, 4.69) is 20.5 Å². The Morgan fingerprint density at radius 1 is 1.12 bits per heavy atom. The molecule has 1 saturated heterocycles. The number of carbonyl (C=O) groups is 2. The number of ether oxygens (including phenoxy) is 1. The van der Waals surface area contributed by atoms with Crippen molar-refractivity contribution < 1.29 is 14.3 Å². The Morgan fingerprint density at radius 3 is 2.65 bits per heavy atom. The van der Waals surface area contributed by atoms with E-state index in [0.29, 0.717) is 24.6 Å². The zero-order valence-electron chi connectivity index (χ0n) is 14.7. The first-order chi connectivity index (χ1) is 12.6. The first-order valence-electron chi connectivity index (χ1n) is 8.56. The molecule has 0 radical (unpaired) electrons. The highest BCUT2D eigenvalue weighted by atomic mass is 16.5. The second-order valence-electron chi connectivity index (χ2n) is 6.06. The number of nitrogens with zero attached hydrogens (tertiary/aromatic N) is 2. The van der Waals surface area contributed by atoms with Crippen LogP contribution in [-0.4, -0.2) is 43.1 Å². The third-order valence-electron chi connectivity index (χ3n) is 4.06. The van der Waals surface area contributed by atoms with Gasteiger partial charge >= 0.3 is 11.8 Å². The predicted octanol–water partition coefficient (Wildman–Crippen LogP) is 1.48. The molecule has 0 atom stereocenters. The molecule has 26 heavy (non-hydrogen) atoms. The number of nitrogens with one attached hydrogen (secondary N) is 2. The number of aryl methyl sites for hydroxylation is 1. The van der Waals surface area contributed by atoms with Crippen molar-refractivity contribution in [2.75, 3.05) is 36.5 Å². The van der Waals surface area contributed by atoms with Crippen molar-refractivity contribution in [3.63, 3.8) is 0 Å². The summed E-state index contributed by atoms with van der Waals surface area (Å²) in [5.74, 6) is -1.39. The molecule has 2 N–H and O–H groups in total. The first kappa shape index (κ1) is 17.9. The summed E-state index contributed by atoms with van der Waals surface area (Å²) in [5.41, 5.74) is 3.15. The maximum Gasteiger partial charge on any atom is 0.313 e. The molecule has 1 aliphatic heterocycles. The third kappa shape index (κ3) is 4.80. The lowest BCUT2D eigenvalue weighted by atomic mass is 10.2. The Hall–Kier alpha value is -2.93. The van der Waals surface area contributed by atoms with Gasteiger partial charge in [-0.2, -0.15) is 0 Å². The quantitative estimate of drug-likeness (QED) is 0.813. The summed E-state index contributed by atoms with van der Waals surface area (Å²) in [7, 11) is 0. The standard InChI is InChI=1S/C19H22N4O3/c1-14-4-2-6-16(21-14)13-20-18(24)19(25)22-15-5-3-7-17(12-15)23-8-10-26-11-9-23/h2-7,12H,8-11,13H2,1H3,(H,20,24)(H,22,25). The zero-order chi connectivity index (χ0) is 18.4. The molecule has 0 spiro atoms. The summed E-state index contributed by atoms with van der Waals surface area (Å²) in [5, 5.41) is 5.22. The SMILES string of the molecule is Cc1cccc(CNC(=O)C(=O)Nc2cccc(N3CCOCC3)c2)n1. The molecule has 1 aliphatic rings. The van der Waals surface area contributed by atoms with Crippen LogP contribution in [0.5, 0.6) is 0 Å². The predicted molar refractivity (Wildman–Crippen MR) is 98.9 cm³/mol. The van der Waals surface area contributed by atoms with Crippen LogP contribution in [0.15, 0.2) is 42.5 Å².